The van der Waals surface area contributed by atoms with E-state index in [9.17, 15) is 14.4 Å². The van der Waals surface area contributed by atoms with Crippen molar-refractivity contribution in [1.29, 1.82) is 0 Å². The van der Waals surface area contributed by atoms with Gasteiger partial charge in [-0.1, -0.05) is 30.3 Å². The molecule has 31 heavy (non-hydrogen) atoms. The number of methoxy groups -OCH3 is 1. The highest BCUT2D eigenvalue weighted by atomic mass is 16.6. The number of benzene rings is 2. The van der Waals surface area contributed by atoms with Crippen LogP contribution in [0.3, 0.4) is 0 Å². The van der Waals surface area contributed by atoms with Crippen LogP contribution in [-0.2, 0) is 14.3 Å². The Bertz CT molecular complexity index is 913. The topological polar surface area (TPSA) is 131 Å². The number of ether oxygens (including phenoxy) is 3. The number of alkyl carbamates (subject to hydrolysis) is 1. The van der Waals surface area contributed by atoms with Gasteiger partial charge in [-0.25, -0.2) is 9.59 Å². The zero-order valence-corrected chi connectivity index (χ0v) is 16.8. The molecule has 0 spiro atoms. The lowest BCUT2D eigenvalue weighted by molar-refractivity contribution is -0.131. The van der Waals surface area contributed by atoms with E-state index in [-0.39, 0.29) is 18.8 Å². The van der Waals surface area contributed by atoms with Crippen molar-refractivity contribution in [1.82, 2.24) is 5.32 Å². The van der Waals surface area contributed by atoms with Crippen LogP contribution in [0.15, 0.2) is 66.7 Å². The van der Waals surface area contributed by atoms with Crippen molar-refractivity contribution < 1.29 is 38.8 Å². The molecule has 0 bridgehead atoms. The number of rotatable bonds is 10. The second-order valence-corrected chi connectivity index (χ2v) is 6.19. The number of carbonyl (C=O) groups is 3. The number of aliphatic hydroxyl groups excluding tert-OH is 1. The average molecular weight is 429 g/mol. The Hall–Kier alpha value is -3.69. The second kappa shape index (κ2) is 12.1. The van der Waals surface area contributed by atoms with Gasteiger partial charge in [-0.05, 0) is 35.9 Å². The van der Waals surface area contributed by atoms with Gasteiger partial charge in [0.15, 0.2) is 6.10 Å². The molecule has 0 heterocycles. The first-order chi connectivity index (χ1) is 14.9. The third-order valence-corrected chi connectivity index (χ3v) is 4.03. The maximum atomic E-state index is 12.4. The summed E-state index contributed by atoms with van der Waals surface area (Å²) < 4.78 is 16.1. The van der Waals surface area contributed by atoms with E-state index >= 15 is 0 Å². The number of aliphatic hydroxyl groups is 1. The van der Waals surface area contributed by atoms with Crippen molar-refractivity contribution in [3.63, 3.8) is 0 Å². The zero-order chi connectivity index (χ0) is 22.6. The van der Waals surface area contributed by atoms with Gasteiger partial charge in [0.25, 0.3) is 5.91 Å². The van der Waals surface area contributed by atoms with Crippen molar-refractivity contribution in [2.75, 3.05) is 20.3 Å². The third kappa shape index (κ3) is 7.57. The van der Waals surface area contributed by atoms with Crippen LogP contribution in [0, 0.1) is 0 Å². The molecule has 2 aromatic rings. The third-order valence-electron chi connectivity index (χ3n) is 4.03. The summed E-state index contributed by atoms with van der Waals surface area (Å²) in [4.78, 5) is 35.6. The van der Waals surface area contributed by atoms with Crippen LogP contribution >= 0.6 is 0 Å². The Morgan fingerprint density at radius 2 is 1.84 bits per heavy atom. The van der Waals surface area contributed by atoms with E-state index in [0.29, 0.717) is 11.3 Å². The Kier molecular flexibility index (Phi) is 9.21. The van der Waals surface area contributed by atoms with Crippen LogP contribution in [0.4, 0.5) is 4.79 Å². The van der Waals surface area contributed by atoms with Crippen molar-refractivity contribution in [3.8, 4) is 5.75 Å². The largest absolute Gasteiger partial charge is 0.491 e. The monoisotopic (exact) mass is 429 g/mol. The molecule has 164 valence electrons. The number of hydrogen-bond acceptors (Lipinski definition) is 7. The number of carboxylic acids is 1. The summed E-state index contributed by atoms with van der Waals surface area (Å²) in [5.41, 5.74) is 0.698. The van der Waals surface area contributed by atoms with E-state index < -0.39 is 30.2 Å². The number of amides is 2. The molecule has 0 unspecified atom stereocenters. The summed E-state index contributed by atoms with van der Waals surface area (Å²) in [5, 5.41) is 20.0. The molecule has 0 fully saturated rings. The first kappa shape index (κ1) is 23.6. The SMILES string of the molecule is CO[C@H](/C=C/C(=O)O)[C@H](OC(=O)NC(=O)c1ccccc1)c1cccc(OCCO)c1. The molecule has 0 aliphatic rings. The fourth-order valence-corrected chi connectivity index (χ4v) is 2.65. The van der Waals surface area contributed by atoms with Crippen molar-refractivity contribution >= 4 is 18.0 Å². The number of hydrogen-bond donors (Lipinski definition) is 3. The summed E-state index contributed by atoms with van der Waals surface area (Å²) in [6, 6.07) is 14.6. The maximum absolute atomic E-state index is 12.4. The molecule has 0 saturated heterocycles. The summed E-state index contributed by atoms with van der Waals surface area (Å²) in [6.45, 7) is -0.121. The van der Waals surface area contributed by atoms with Gasteiger partial charge in [-0.3, -0.25) is 10.1 Å². The number of carbonyl (C=O) groups excluding carboxylic acids is 2. The lowest BCUT2D eigenvalue weighted by Gasteiger charge is -2.24. The Morgan fingerprint density at radius 3 is 2.48 bits per heavy atom. The minimum atomic E-state index is -1.20. The van der Waals surface area contributed by atoms with Gasteiger partial charge in [0.2, 0.25) is 0 Å². The van der Waals surface area contributed by atoms with Crippen molar-refractivity contribution in [3.05, 3.63) is 77.9 Å². The number of nitrogens with one attached hydrogen (secondary N) is 1. The van der Waals surface area contributed by atoms with Crippen LogP contribution in [0.25, 0.3) is 0 Å². The predicted molar refractivity (Wildman–Crippen MR) is 110 cm³/mol. The summed E-state index contributed by atoms with van der Waals surface area (Å²) in [5.74, 6) is -1.46. The maximum Gasteiger partial charge on any atom is 0.414 e. The lowest BCUT2D eigenvalue weighted by Crippen LogP contribution is -2.34. The normalized spacial score (nSPS) is 12.7. The fourth-order valence-electron chi connectivity index (χ4n) is 2.65. The molecule has 3 N–H and O–H groups in total. The number of carboxylic acid groups (broad SMARTS) is 1. The van der Waals surface area contributed by atoms with Gasteiger partial charge in [0.05, 0.1) is 6.61 Å². The summed E-state index contributed by atoms with van der Waals surface area (Å²) >= 11 is 0. The molecule has 0 aliphatic heterocycles. The molecule has 2 atom stereocenters. The fraction of sp³-hybridized carbons (Fsp3) is 0.227. The van der Waals surface area contributed by atoms with E-state index in [0.717, 1.165) is 6.08 Å². The minimum absolute atomic E-state index is 0.0632. The number of aliphatic carboxylic acids is 1. The van der Waals surface area contributed by atoms with Crippen LogP contribution in [0.2, 0.25) is 0 Å². The highest BCUT2D eigenvalue weighted by Gasteiger charge is 2.27. The van der Waals surface area contributed by atoms with Crippen LogP contribution in [0.1, 0.15) is 22.0 Å². The molecular weight excluding hydrogens is 406 g/mol. The highest BCUT2D eigenvalue weighted by molar-refractivity contribution is 6.02. The first-order valence-corrected chi connectivity index (χ1v) is 9.29. The summed E-state index contributed by atoms with van der Waals surface area (Å²) in [7, 11) is 1.33. The molecule has 0 aliphatic carbocycles. The van der Waals surface area contributed by atoms with Crippen molar-refractivity contribution in [2.45, 2.75) is 12.2 Å². The van der Waals surface area contributed by atoms with E-state index in [2.05, 4.69) is 5.32 Å². The Morgan fingerprint density at radius 1 is 1.10 bits per heavy atom. The van der Waals surface area contributed by atoms with Gasteiger partial charge in [-0.2, -0.15) is 0 Å². The smallest absolute Gasteiger partial charge is 0.414 e. The average Bonchev–Trinajstić information content (AvgIpc) is 2.77. The van der Waals surface area contributed by atoms with E-state index in [1.165, 1.54) is 25.3 Å². The van der Waals surface area contributed by atoms with Gasteiger partial charge < -0.3 is 24.4 Å². The van der Waals surface area contributed by atoms with E-state index in [1.807, 2.05) is 0 Å². The molecule has 0 aromatic heterocycles. The Balaban J connectivity index is 2.25. The first-order valence-electron chi connectivity index (χ1n) is 9.29. The predicted octanol–water partition coefficient (Wildman–Crippen LogP) is 2.32. The molecule has 0 saturated carbocycles. The molecular formula is C22H23NO8. The molecule has 2 rings (SSSR count). The van der Waals surface area contributed by atoms with E-state index in [4.69, 9.17) is 24.4 Å². The second-order valence-electron chi connectivity index (χ2n) is 6.19. The minimum Gasteiger partial charge on any atom is -0.491 e. The van der Waals surface area contributed by atoms with Gasteiger partial charge in [0.1, 0.15) is 18.5 Å². The number of imide groups is 1. The van der Waals surface area contributed by atoms with Crippen LogP contribution in [-0.4, -0.2) is 54.6 Å². The highest BCUT2D eigenvalue weighted by Crippen LogP contribution is 2.27. The van der Waals surface area contributed by atoms with Gasteiger partial charge >= 0.3 is 12.1 Å². The quantitative estimate of drug-likeness (QED) is 0.491. The summed E-state index contributed by atoms with van der Waals surface area (Å²) in [6.07, 6.45) is -1.01. The molecule has 9 heteroatoms. The van der Waals surface area contributed by atoms with Crippen LogP contribution < -0.4 is 10.1 Å². The Labute approximate surface area is 178 Å². The standard InChI is InChI=1S/C22H23NO8/c1-29-18(10-11-19(25)26)20(16-8-5-9-17(14-16)30-13-12-24)31-22(28)23-21(27)15-6-3-2-4-7-15/h2-11,14,18,20,24H,12-13H2,1H3,(H,25,26)(H,23,27,28)/b11-10+/t18-,20-/m1/s1. The van der Waals surface area contributed by atoms with Crippen molar-refractivity contribution in [2.24, 2.45) is 0 Å². The molecule has 2 amide bonds. The van der Waals surface area contributed by atoms with Gasteiger partial charge in [-0.15, -0.1) is 0 Å². The van der Waals surface area contributed by atoms with Crippen LogP contribution in [0.5, 0.6) is 5.75 Å². The molecule has 2 aromatic carbocycles. The van der Waals surface area contributed by atoms with Gasteiger partial charge in [0, 0.05) is 18.7 Å². The zero-order valence-electron chi connectivity index (χ0n) is 16.8. The molecule has 9 nitrogen and oxygen atoms in total. The molecule has 0 radical (unpaired) electrons. The van der Waals surface area contributed by atoms with E-state index in [1.54, 1.807) is 42.5 Å². The lowest BCUT2D eigenvalue weighted by atomic mass is 10.0.